The second-order valence-electron chi connectivity index (χ2n) is 10.0. The lowest BCUT2D eigenvalue weighted by atomic mass is 9.83. The quantitative estimate of drug-likeness (QED) is 0.783. The van der Waals surface area contributed by atoms with Crippen LogP contribution >= 0.6 is 0 Å². The van der Waals surface area contributed by atoms with Crippen LogP contribution in [0.2, 0.25) is 0 Å². The lowest BCUT2D eigenvalue weighted by Crippen LogP contribution is -2.50. The number of hydrogen-bond donors (Lipinski definition) is 2. The van der Waals surface area contributed by atoms with E-state index in [0.717, 1.165) is 37.1 Å². The molecular formula is C23H37N3O3. The van der Waals surface area contributed by atoms with Gasteiger partial charge in [0.05, 0.1) is 0 Å². The molecule has 2 rings (SSSR count). The van der Waals surface area contributed by atoms with Gasteiger partial charge in [-0.15, -0.1) is 0 Å². The Morgan fingerprint density at radius 2 is 1.62 bits per heavy atom. The fourth-order valence-corrected chi connectivity index (χ4v) is 3.40. The van der Waals surface area contributed by atoms with Crippen molar-refractivity contribution in [2.45, 2.75) is 78.5 Å². The van der Waals surface area contributed by atoms with Crippen LogP contribution in [0.15, 0.2) is 24.3 Å². The van der Waals surface area contributed by atoms with E-state index in [1.807, 2.05) is 29.2 Å². The number of amides is 2. The Hall–Kier alpha value is -2.08. The molecule has 1 heterocycles. The van der Waals surface area contributed by atoms with Crippen LogP contribution in [-0.4, -0.2) is 41.6 Å². The maximum Gasteiger partial charge on any atom is 0.408 e. The highest BCUT2D eigenvalue weighted by molar-refractivity contribution is 5.86. The van der Waals surface area contributed by atoms with Crippen LogP contribution in [0.5, 0.6) is 0 Å². The molecular weight excluding hydrogens is 366 g/mol. The topological polar surface area (TPSA) is 84.7 Å². The first-order valence-corrected chi connectivity index (χ1v) is 10.5. The van der Waals surface area contributed by atoms with Gasteiger partial charge in [-0.05, 0) is 50.2 Å². The smallest absolute Gasteiger partial charge is 0.408 e. The lowest BCUT2D eigenvalue weighted by Gasteiger charge is -2.28. The van der Waals surface area contributed by atoms with Crippen molar-refractivity contribution in [3.8, 4) is 0 Å². The molecule has 1 saturated heterocycles. The molecule has 1 aromatic carbocycles. The first-order chi connectivity index (χ1) is 13.4. The molecule has 0 aliphatic carbocycles. The van der Waals surface area contributed by atoms with Crippen molar-refractivity contribution in [3.05, 3.63) is 35.4 Å². The van der Waals surface area contributed by atoms with Gasteiger partial charge in [0.15, 0.2) is 0 Å². The van der Waals surface area contributed by atoms with Gasteiger partial charge in [-0.25, -0.2) is 4.79 Å². The van der Waals surface area contributed by atoms with Gasteiger partial charge in [0, 0.05) is 25.6 Å². The van der Waals surface area contributed by atoms with E-state index >= 15 is 0 Å². The van der Waals surface area contributed by atoms with Crippen LogP contribution in [0.25, 0.3) is 0 Å². The predicted octanol–water partition coefficient (Wildman–Crippen LogP) is 3.79. The molecule has 1 aromatic rings. The Morgan fingerprint density at radius 1 is 1.07 bits per heavy atom. The van der Waals surface area contributed by atoms with Crippen LogP contribution < -0.4 is 11.1 Å². The zero-order valence-electron chi connectivity index (χ0n) is 18.7. The molecule has 6 nitrogen and oxygen atoms in total. The third kappa shape index (κ3) is 7.03. The highest BCUT2D eigenvalue weighted by Crippen LogP contribution is 2.30. The summed E-state index contributed by atoms with van der Waals surface area (Å²) in [5.74, 6) is -0.0520. The van der Waals surface area contributed by atoms with Gasteiger partial charge in [-0.1, -0.05) is 45.0 Å². The number of nitrogens with two attached hydrogens (primary N) is 1. The van der Waals surface area contributed by atoms with Crippen molar-refractivity contribution in [3.63, 3.8) is 0 Å². The fourth-order valence-electron chi connectivity index (χ4n) is 3.40. The molecule has 0 radical (unpaired) electrons. The number of ether oxygens (including phenoxy) is 1. The molecule has 162 valence electrons. The van der Waals surface area contributed by atoms with Gasteiger partial charge in [-0.3, -0.25) is 4.79 Å². The Morgan fingerprint density at radius 3 is 2.10 bits per heavy atom. The summed E-state index contributed by atoms with van der Waals surface area (Å²) in [4.78, 5) is 27.1. The van der Waals surface area contributed by atoms with Gasteiger partial charge >= 0.3 is 6.09 Å². The molecule has 1 aliphatic heterocycles. The standard InChI is InChI=1S/C23H37N3O3/c1-22(2,3)19(24)17-11-9-16(10-12-17)15-18(20(27)26-13-7-8-14-26)25-21(28)29-23(4,5)6/h9-12,18-19H,7-8,13-15,24H2,1-6H3,(H,25,28). The number of carbonyl (C=O) groups is 2. The molecule has 0 spiro atoms. The number of alkyl carbamates (subject to hydrolysis) is 1. The zero-order valence-corrected chi connectivity index (χ0v) is 18.7. The summed E-state index contributed by atoms with van der Waals surface area (Å²) in [5.41, 5.74) is 7.73. The van der Waals surface area contributed by atoms with Crippen LogP contribution in [0, 0.1) is 5.41 Å². The number of rotatable bonds is 5. The largest absolute Gasteiger partial charge is 0.444 e. The van der Waals surface area contributed by atoms with Crippen LogP contribution in [0.3, 0.4) is 0 Å². The summed E-state index contributed by atoms with van der Waals surface area (Å²) in [7, 11) is 0. The second-order valence-corrected chi connectivity index (χ2v) is 10.0. The summed E-state index contributed by atoms with van der Waals surface area (Å²) in [6.07, 6.45) is 1.86. The highest BCUT2D eigenvalue weighted by Gasteiger charge is 2.30. The summed E-state index contributed by atoms with van der Waals surface area (Å²) in [6.45, 7) is 13.2. The van der Waals surface area contributed by atoms with Crippen LogP contribution in [-0.2, 0) is 16.0 Å². The molecule has 1 fully saturated rings. The lowest BCUT2D eigenvalue weighted by molar-refractivity contribution is -0.132. The van der Waals surface area contributed by atoms with E-state index in [4.69, 9.17) is 10.5 Å². The molecule has 0 saturated carbocycles. The van der Waals surface area contributed by atoms with Crippen molar-refractivity contribution in [2.75, 3.05) is 13.1 Å². The average Bonchev–Trinajstić information content (AvgIpc) is 3.12. The Labute approximate surface area is 175 Å². The maximum absolute atomic E-state index is 13.0. The minimum absolute atomic E-state index is 0.0337. The van der Waals surface area contributed by atoms with Gasteiger partial charge in [0.25, 0.3) is 0 Å². The van der Waals surface area contributed by atoms with Crippen molar-refractivity contribution in [2.24, 2.45) is 11.1 Å². The summed E-state index contributed by atoms with van der Waals surface area (Å²) in [6, 6.07) is 7.28. The number of nitrogens with zero attached hydrogens (tertiary/aromatic N) is 1. The van der Waals surface area contributed by atoms with Gasteiger partial charge < -0.3 is 20.7 Å². The van der Waals surface area contributed by atoms with Crippen LogP contribution in [0.1, 0.15) is 71.6 Å². The molecule has 29 heavy (non-hydrogen) atoms. The summed E-state index contributed by atoms with van der Waals surface area (Å²) >= 11 is 0. The second kappa shape index (κ2) is 9.16. The zero-order chi connectivity index (χ0) is 21.8. The molecule has 6 heteroatoms. The van der Waals surface area contributed by atoms with E-state index in [1.165, 1.54) is 0 Å². The van der Waals surface area contributed by atoms with E-state index in [9.17, 15) is 9.59 Å². The minimum Gasteiger partial charge on any atom is -0.444 e. The fraction of sp³-hybridized carbons (Fsp3) is 0.652. The van der Waals surface area contributed by atoms with Gasteiger partial charge in [0.1, 0.15) is 11.6 Å². The molecule has 2 atom stereocenters. The minimum atomic E-state index is -0.648. The summed E-state index contributed by atoms with van der Waals surface area (Å²) in [5, 5.41) is 2.78. The van der Waals surface area contributed by atoms with E-state index in [0.29, 0.717) is 6.42 Å². The van der Waals surface area contributed by atoms with Crippen molar-refractivity contribution >= 4 is 12.0 Å². The Balaban J connectivity index is 2.14. The van der Waals surface area contributed by atoms with Crippen molar-refractivity contribution in [1.82, 2.24) is 10.2 Å². The van der Waals surface area contributed by atoms with Crippen molar-refractivity contribution < 1.29 is 14.3 Å². The van der Waals surface area contributed by atoms with Gasteiger partial charge in [0.2, 0.25) is 5.91 Å². The average molecular weight is 404 g/mol. The molecule has 1 aliphatic rings. The first kappa shape index (κ1) is 23.2. The molecule has 2 amide bonds. The third-order valence-electron chi connectivity index (χ3n) is 5.12. The van der Waals surface area contributed by atoms with Crippen LogP contribution in [0.4, 0.5) is 4.79 Å². The Kier molecular flexibility index (Phi) is 7.33. The number of hydrogen-bond acceptors (Lipinski definition) is 4. The Bertz CT molecular complexity index is 696. The molecule has 2 unspecified atom stereocenters. The first-order valence-electron chi connectivity index (χ1n) is 10.5. The number of nitrogens with one attached hydrogen (secondary N) is 1. The summed E-state index contributed by atoms with van der Waals surface area (Å²) < 4.78 is 5.37. The molecule has 3 N–H and O–H groups in total. The van der Waals surface area contributed by atoms with E-state index in [2.05, 4.69) is 26.1 Å². The maximum atomic E-state index is 13.0. The van der Waals surface area contributed by atoms with Gasteiger partial charge in [-0.2, -0.15) is 0 Å². The van der Waals surface area contributed by atoms with E-state index in [1.54, 1.807) is 20.8 Å². The monoisotopic (exact) mass is 403 g/mol. The third-order valence-corrected chi connectivity index (χ3v) is 5.12. The van der Waals surface area contributed by atoms with Crippen molar-refractivity contribution in [1.29, 1.82) is 0 Å². The number of likely N-dealkylation sites (tertiary alicyclic amines) is 1. The van der Waals surface area contributed by atoms with E-state index < -0.39 is 17.7 Å². The number of benzene rings is 1. The molecule has 0 bridgehead atoms. The molecule has 0 aromatic heterocycles. The predicted molar refractivity (Wildman–Crippen MR) is 116 cm³/mol. The van der Waals surface area contributed by atoms with E-state index in [-0.39, 0.29) is 17.4 Å². The highest BCUT2D eigenvalue weighted by atomic mass is 16.6. The SMILES string of the molecule is CC(C)(C)OC(=O)NC(Cc1ccc(C(N)C(C)(C)C)cc1)C(=O)N1CCCC1. The normalized spacial score (nSPS) is 17.0. The number of carbonyl (C=O) groups excluding carboxylic acids is 2.